The van der Waals surface area contributed by atoms with Crippen molar-refractivity contribution in [1.82, 2.24) is 0 Å². The van der Waals surface area contributed by atoms with Crippen molar-refractivity contribution in [2.24, 2.45) is 29.6 Å². The van der Waals surface area contributed by atoms with Crippen LogP contribution in [0.25, 0.3) is 0 Å². The largest absolute Gasteiger partial charge is 0.481 e. The molecule has 0 radical (unpaired) electrons. The fourth-order valence-electron chi connectivity index (χ4n) is 4.64. The van der Waals surface area contributed by atoms with Crippen LogP contribution in [0.15, 0.2) is 23.8 Å². The Morgan fingerprint density at radius 3 is 2.33 bits per heavy atom. The molecule has 0 aromatic rings. The molecule has 1 unspecified atom stereocenters. The van der Waals surface area contributed by atoms with E-state index >= 15 is 0 Å². The first kappa shape index (κ1) is 28.9. The second kappa shape index (κ2) is 14.2. The van der Waals surface area contributed by atoms with E-state index in [-0.39, 0.29) is 36.7 Å². The minimum absolute atomic E-state index is 0.0847. The highest BCUT2D eigenvalue weighted by atomic mass is 16.5. The molecule has 0 aromatic heterocycles. The van der Waals surface area contributed by atoms with E-state index in [1.165, 1.54) is 0 Å². The van der Waals surface area contributed by atoms with E-state index in [0.29, 0.717) is 11.8 Å². The number of aliphatic carboxylic acids is 1. The Balaban J connectivity index is 3.13. The predicted octanol–water partition coefficient (Wildman–Crippen LogP) is 4.25. The number of esters is 1. The molecule has 0 aliphatic carbocycles. The minimum Gasteiger partial charge on any atom is -0.481 e. The molecular weight excluding hydrogens is 422 g/mol. The van der Waals surface area contributed by atoms with Crippen molar-refractivity contribution in [3.8, 4) is 6.07 Å². The lowest BCUT2D eigenvalue weighted by atomic mass is 9.82. The third-order valence-corrected chi connectivity index (χ3v) is 6.52. The molecule has 1 rings (SSSR count). The maximum absolute atomic E-state index is 12.5. The number of nitrogens with zero attached hydrogens (tertiary/aromatic N) is 1. The summed E-state index contributed by atoms with van der Waals surface area (Å²) in [6.07, 6.45) is 5.23. The number of hydrogen-bond donors (Lipinski definition) is 3. The van der Waals surface area contributed by atoms with Crippen molar-refractivity contribution in [3.05, 3.63) is 23.8 Å². The molecule has 0 saturated heterocycles. The van der Waals surface area contributed by atoms with E-state index in [2.05, 4.69) is 19.9 Å². The average molecular weight is 464 g/mol. The molecule has 0 spiro atoms. The summed E-state index contributed by atoms with van der Waals surface area (Å²) >= 11 is 0. The van der Waals surface area contributed by atoms with Gasteiger partial charge in [-0.05, 0) is 55.4 Å². The van der Waals surface area contributed by atoms with Gasteiger partial charge in [0, 0.05) is 6.42 Å². The number of allylic oxidation sites excluding steroid dienone is 2. The number of carboxylic acids is 1. The lowest BCUT2D eigenvalue weighted by Gasteiger charge is -2.27. The monoisotopic (exact) mass is 463 g/mol. The van der Waals surface area contributed by atoms with Crippen molar-refractivity contribution in [2.45, 2.75) is 91.5 Å². The molecule has 0 aromatic carbocycles. The van der Waals surface area contributed by atoms with E-state index in [9.17, 15) is 30.2 Å². The normalized spacial score (nSPS) is 36.7. The van der Waals surface area contributed by atoms with Crippen LogP contribution in [0.3, 0.4) is 0 Å². The van der Waals surface area contributed by atoms with Gasteiger partial charge in [-0.3, -0.25) is 9.59 Å². The van der Waals surface area contributed by atoms with Gasteiger partial charge in [-0.2, -0.15) is 5.26 Å². The van der Waals surface area contributed by atoms with Gasteiger partial charge in [0.25, 0.3) is 0 Å². The van der Waals surface area contributed by atoms with Crippen LogP contribution in [0.1, 0.15) is 73.1 Å². The molecule has 186 valence electrons. The number of carboxylic acid groups (broad SMARTS) is 1. The van der Waals surface area contributed by atoms with Crippen LogP contribution in [0.5, 0.6) is 0 Å². The molecule has 7 heteroatoms. The zero-order valence-electron chi connectivity index (χ0n) is 20.6. The first-order chi connectivity index (χ1) is 15.4. The number of aliphatic hydroxyl groups is 2. The van der Waals surface area contributed by atoms with Crippen LogP contribution in [-0.4, -0.2) is 45.6 Å². The van der Waals surface area contributed by atoms with Crippen LogP contribution in [0.2, 0.25) is 0 Å². The Hall–Kier alpha value is -2.17. The molecule has 1 aliphatic heterocycles. The van der Waals surface area contributed by atoms with Crippen molar-refractivity contribution in [2.75, 3.05) is 0 Å². The van der Waals surface area contributed by atoms with Gasteiger partial charge in [0.05, 0.1) is 36.2 Å². The first-order valence-corrected chi connectivity index (χ1v) is 12.0. The number of cyclic esters (lactones) is 1. The minimum atomic E-state index is -0.977. The van der Waals surface area contributed by atoms with Crippen LogP contribution < -0.4 is 0 Å². The topological polar surface area (TPSA) is 128 Å². The Bertz CT molecular complexity index is 740. The highest BCUT2D eigenvalue weighted by Gasteiger charge is 2.26. The van der Waals surface area contributed by atoms with Crippen LogP contribution in [-0.2, 0) is 14.3 Å². The van der Waals surface area contributed by atoms with Gasteiger partial charge in [-0.25, -0.2) is 0 Å². The number of aliphatic hydroxyl groups excluding tert-OH is 2. The first-order valence-electron chi connectivity index (χ1n) is 12.0. The SMILES string of the molecule is C[C@@H]1C[C@H](C)C[C@H](C)[C@@H](O)CC(=O)OC(C[C@@H](C)C(=O)O)C/C=C/C=C(/C#N)[C@H](O)[C@@H](C)C1. The van der Waals surface area contributed by atoms with E-state index in [4.69, 9.17) is 4.74 Å². The fourth-order valence-corrected chi connectivity index (χ4v) is 4.64. The van der Waals surface area contributed by atoms with Crippen LogP contribution in [0.4, 0.5) is 0 Å². The highest BCUT2D eigenvalue weighted by molar-refractivity contribution is 5.71. The van der Waals surface area contributed by atoms with Crippen molar-refractivity contribution in [3.63, 3.8) is 0 Å². The molecule has 33 heavy (non-hydrogen) atoms. The summed E-state index contributed by atoms with van der Waals surface area (Å²) in [7, 11) is 0. The number of hydrogen-bond acceptors (Lipinski definition) is 6. The second-order valence-corrected chi connectivity index (χ2v) is 10.1. The van der Waals surface area contributed by atoms with Gasteiger partial charge in [0.15, 0.2) is 0 Å². The van der Waals surface area contributed by atoms with E-state index in [0.717, 1.165) is 19.3 Å². The van der Waals surface area contributed by atoms with Gasteiger partial charge in [-0.15, -0.1) is 0 Å². The highest BCUT2D eigenvalue weighted by Crippen LogP contribution is 2.28. The lowest BCUT2D eigenvalue weighted by molar-refractivity contribution is -0.155. The van der Waals surface area contributed by atoms with Gasteiger partial charge in [0.1, 0.15) is 6.10 Å². The number of rotatable bonds is 3. The summed E-state index contributed by atoms with van der Waals surface area (Å²) in [4.78, 5) is 23.7. The molecule has 0 saturated carbocycles. The van der Waals surface area contributed by atoms with Crippen molar-refractivity contribution in [1.29, 1.82) is 5.26 Å². The Morgan fingerprint density at radius 2 is 1.76 bits per heavy atom. The zero-order chi connectivity index (χ0) is 25.1. The molecule has 1 aliphatic rings. The summed E-state index contributed by atoms with van der Waals surface area (Å²) in [6.45, 7) is 9.65. The summed E-state index contributed by atoms with van der Waals surface area (Å²) in [5.74, 6) is -1.74. The van der Waals surface area contributed by atoms with Gasteiger partial charge < -0.3 is 20.1 Å². The standard InChI is InChI=1S/C26H41NO6/c1-16-10-17(2)12-19(4)25(30)21(15-27)8-6-7-9-22(13-20(5)26(31)32)33-24(29)14-23(28)18(3)11-16/h6-8,16-20,22-23,25,28,30H,9-14H2,1-5H3,(H,31,32)/b7-6+,21-8-/t16-,17+,18-,19-,20+,22?,23-,25+/m0/s1. The summed E-state index contributed by atoms with van der Waals surface area (Å²) in [5, 5.41) is 39.9. The van der Waals surface area contributed by atoms with E-state index in [1.807, 2.05) is 13.8 Å². The molecular formula is C26H41NO6. The molecule has 7 nitrogen and oxygen atoms in total. The smallest absolute Gasteiger partial charge is 0.308 e. The number of nitriles is 1. The van der Waals surface area contributed by atoms with Crippen LogP contribution in [0, 0.1) is 40.9 Å². The van der Waals surface area contributed by atoms with Crippen LogP contribution >= 0.6 is 0 Å². The Morgan fingerprint density at radius 1 is 1.15 bits per heavy atom. The Kier molecular flexibility index (Phi) is 12.4. The van der Waals surface area contributed by atoms with Gasteiger partial charge >= 0.3 is 11.9 Å². The maximum Gasteiger partial charge on any atom is 0.308 e. The predicted molar refractivity (Wildman–Crippen MR) is 126 cm³/mol. The number of carbonyl (C=O) groups excluding carboxylic acids is 1. The zero-order valence-corrected chi connectivity index (χ0v) is 20.6. The molecule has 8 atom stereocenters. The molecule has 1 heterocycles. The third kappa shape index (κ3) is 10.5. The van der Waals surface area contributed by atoms with Crippen molar-refractivity contribution >= 4 is 11.9 Å². The van der Waals surface area contributed by atoms with E-state index in [1.54, 1.807) is 25.2 Å². The maximum atomic E-state index is 12.5. The summed E-state index contributed by atoms with van der Waals surface area (Å²) in [6, 6.07) is 2.07. The lowest BCUT2D eigenvalue weighted by Crippen LogP contribution is -2.28. The summed E-state index contributed by atoms with van der Waals surface area (Å²) < 4.78 is 5.52. The quantitative estimate of drug-likeness (QED) is 0.534. The number of carbonyl (C=O) groups is 2. The third-order valence-electron chi connectivity index (χ3n) is 6.52. The van der Waals surface area contributed by atoms with Gasteiger partial charge in [-0.1, -0.05) is 46.8 Å². The molecule has 0 amide bonds. The Labute approximate surface area is 198 Å². The van der Waals surface area contributed by atoms with Gasteiger partial charge in [0.2, 0.25) is 0 Å². The molecule has 0 fully saturated rings. The molecule has 3 N–H and O–H groups in total. The average Bonchev–Trinajstić information content (AvgIpc) is 2.71. The fraction of sp³-hybridized carbons (Fsp3) is 0.731. The number of ether oxygens (including phenoxy) is 1. The molecule has 0 bridgehead atoms. The second-order valence-electron chi connectivity index (χ2n) is 10.1. The summed E-state index contributed by atoms with van der Waals surface area (Å²) in [5.41, 5.74) is 0.268. The van der Waals surface area contributed by atoms with E-state index < -0.39 is 36.2 Å². The van der Waals surface area contributed by atoms with Crippen molar-refractivity contribution < 1.29 is 29.6 Å².